The third kappa shape index (κ3) is 2.56. The molecule has 0 radical (unpaired) electrons. The number of nitrogens with two attached hydrogens (primary N) is 1. The molecule has 1 aromatic rings. The Morgan fingerprint density at radius 2 is 2.00 bits per heavy atom. The zero-order chi connectivity index (χ0) is 15.1. The van der Waals surface area contributed by atoms with Crippen molar-refractivity contribution in [2.24, 2.45) is 5.92 Å². The third-order valence-electron chi connectivity index (χ3n) is 3.57. The highest BCUT2D eigenvalue weighted by atomic mass is 32.2. The number of ketones is 1. The number of hydrogen-bond acceptors (Lipinski definition) is 6. The first-order valence-electron chi connectivity index (χ1n) is 6.73. The van der Waals surface area contributed by atoms with Gasteiger partial charge in [-0.15, -0.1) is 11.3 Å². The highest BCUT2D eigenvalue weighted by molar-refractivity contribution is 7.92. The van der Waals surface area contributed by atoms with Gasteiger partial charge in [0.05, 0.1) is 16.3 Å². The summed E-state index contributed by atoms with van der Waals surface area (Å²) in [6, 6.07) is 0. The minimum atomic E-state index is -3.44. The van der Waals surface area contributed by atoms with Crippen molar-refractivity contribution >= 4 is 37.6 Å². The largest absolute Gasteiger partial charge is 0.396 e. The summed E-state index contributed by atoms with van der Waals surface area (Å²) >= 11 is 1.21. The van der Waals surface area contributed by atoms with Crippen LogP contribution < -0.4 is 10.6 Å². The first kappa shape index (κ1) is 15.3. The first-order chi connectivity index (χ1) is 9.33. The van der Waals surface area contributed by atoms with Gasteiger partial charge in [-0.1, -0.05) is 6.92 Å². The molecule has 2 N–H and O–H groups in total. The average Bonchev–Trinajstić information content (AvgIpc) is 3.20. The summed E-state index contributed by atoms with van der Waals surface area (Å²) in [6.07, 6.45) is 1.76. The first-order valence-corrected chi connectivity index (χ1v) is 9.20. The maximum atomic E-state index is 12.3. The number of nitrogen functional groups attached to an aromatic ring is 1. The molecule has 0 bridgehead atoms. The van der Waals surface area contributed by atoms with E-state index in [9.17, 15) is 13.2 Å². The molecule has 2 rings (SSSR count). The lowest BCUT2D eigenvalue weighted by molar-refractivity contribution is 0.0972. The average molecular weight is 316 g/mol. The molecule has 0 amide bonds. The Bertz CT molecular complexity index is 630. The van der Waals surface area contributed by atoms with Crippen LogP contribution in [0.15, 0.2) is 4.90 Å². The molecule has 112 valence electrons. The smallest absolute Gasteiger partial charge is 0.183 e. The Morgan fingerprint density at radius 1 is 1.40 bits per heavy atom. The van der Waals surface area contributed by atoms with Gasteiger partial charge in [0.1, 0.15) is 9.90 Å². The highest BCUT2D eigenvalue weighted by Gasteiger charge is 2.36. The molecule has 5 nitrogen and oxygen atoms in total. The lowest BCUT2D eigenvalue weighted by atomic mass is 10.2. The number of carbonyl (C=O) groups is 1. The van der Waals surface area contributed by atoms with E-state index >= 15 is 0 Å². The van der Waals surface area contributed by atoms with Crippen molar-refractivity contribution < 1.29 is 13.2 Å². The van der Waals surface area contributed by atoms with Gasteiger partial charge >= 0.3 is 0 Å². The van der Waals surface area contributed by atoms with Crippen LogP contribution in [0.1, 0.15) is 36.4 Å². The minimum absolute atomic E-state index is 0.00388. The van der Waals surface area contributed by atoms with Crippen molar-refractivity contribution in [3.63, 3.8) is 0 Å². The molecule has 0 spiro atoms. The fourth-order valence-electron chi connectivity index (χ4n) is 1.97. The van der Waals surface area contributed by atoms with Crippen LogP contribution in [0, 0.1) is 5.92 Å². The van der Waals surface area contributed by atoms with Gasteiger partial charge in [0.2, 0.25) is 0 Å². The van der Waals surface area contributed by atoms with Crippen LogP contribution >= 0.6 is 11.3 Å². The normalized spacial score (nSPS) is 15.3. The lowest BCUT2D eigenvalue weighted by Gasteiger charge is -2.16. The molecule has 0 aliphatic heterocycles. The fourth-order valence-corrected chi connectivity index (χ4v) is 4.85. The van der Waals surface area contributed by atoms with Crippen molar-refractivity contribution in [1.29, 1.82) is 0 Å². The summed E-state index contributed by atoms with van der Waals surface area (Å²) < 4.78 is 24.5. The van der Waals surface area contributed by atoms with E-state index in [-0.39, 0.29) is 28.0 Å². The van der Waals surface area contributed by atoms with Crippen molar-refractivity contribution in [2.45, 2.75) is 31.6 Å². The van der Waals surface area contributed by atoms with Crippen LogP contribution in [0.2, 0.25) is 0 Å². The van der Waals surface area contributed by atoms with Crippen LogP contribution in [0.4, 0.5) is 10.7 Å². The quantitative estimate of drug-likeness (QED) is 0.814. The minimum Gasteiger partial charge on any atom is -0.396 e. The van der Waals surface area contributed by atoms with Gasteiger partial charge in [0.15, 0.2) is 15.6 Å². The van der Waals surface area contributed by atoms with Crippen molar-refractivity contribution in [2.75, 3.05) is 30.0 Å². The zero-order valence-corrected chi connectivity index (χ0v) is 13.6. The van der Waals surface area contributed by atoms with E-state index in [0.29, 0.717) is 16.4 Å². The third-order valence-corrected chi connectivity index (χ3v) is 6.83. The maximum Gasteiger partial charge on any atom is 0.183 e. The number of nitrogens with zero attached hydrogens (tertiary/aromatic N) is 1. The number of thiophene rings is 1. The lowest BCUT2D eigenvalue weighted by Crippen LogP contribution is -2.18. The number of anilines is 2. The van der Waals surface area contributed by atoms with Gasteiger partial charge in [0.25, 0.3) is 0 Å². The van der Waals surface area contributed by atoms with Gasteiger partial charge in [-0.3, -0.25) is 4.79 Å². The van der Waals surface area contributed by atoms with Crippen molar-refractivity contribution in [3.8, 4) is 0 Å². The topological polar surface area (TPSA) is 80.5 Å². The van der Waals surface area contributed by atoms with Gasteiger partial charge in [-0.2, -0.15) is 0 Å². The number of Topliss-reactive ketones (excluding diaryl/α,β-unsaturated/α-hetero) is 1. The van der Waals surface area contributed by atoms with Gasteiger partial charge in [-0.25, -0.2) is 8.42 Å². The molecule has 0 saturated heterocycles. The second-order valence-electron chi connectivity index (χ2n) is 5.04. The zero-order valence-electron chi connectivity index (χ0n) is 12.0. The summed E-state index contributed by atoms with van der Waals surface area (Å²) in [5, 5.41) is 0.579. The fraction of sp³-hybridized carbons (Fsp3) is 0.615. The Balaban J connectivity index is 2.60. The van der Waals surface area contributed by atoms with E-state index < -0.39 is 9.84 Å². The highest BCUT2D eigenvalue weighted by Crippen LogP contribution is 2.45. The summed E-state index contributed by atoms with van der Waals surface area (Å²) in [6.45, 7) is 4.18. The van der Waals surface area contributed by atoms with E-state index in [2.05, 4.69) is 0 Å². The second-order valence-corrected chi connectivity index (χ2v) is 8.25. The molecule has 20 heavy (non-hydrogen) atoms. The van der Waals surface area contributed by atoms with Crippen LogP contribution in [0.5, 0.6) is 0 Å². The summed E-state index contributed by atoms with van der Waals surface area (Å²) in [7, 11) is -1.63. The van der Waals surface area contributed by atoms with Gasteiger partial charge in [0, 0.05) is 19.5 Å². The molecular weight excluding hydrogens is 296 g/mol. The predicted octanol–water partition coefficient (Wildman–Crippen LogP) is 2.17. The summed E-state index contributed by atoms with van der Waals surface area (Å²) in [4.78, 5) is 14.6. The van der Waals surface area contributed by atoms with Crippen molar-refractivity contribution in [3.05, 3.63) is 4.88 Å². The Labute approximate surface area is 123 Å². The molecule has 1 saturated carbocycles. The number of rotatable bonds is 6. The summed E-state index contributed by atoms with van der Waals surface area (Å²) in [5.41, 5.74) is 6.15. The molecule has 0 aromatic carbocycles. The summed E-state index contributed by atoms with van der Waals surface area (Å²) in [5.74, 6) is 0.0129. The Hall–Kier alpha value is -1.08. The molecule has 1 heterocycles. The molecule has 1 aliphatic carbocycles. The van der Waals surface area contributed by atoms with E-state index in [1.54, 1.807) is 6.92 Å². The second kappa shape index (κ2) is 5.37. The van der Waals surface area contributed by atoms with E-state index in [4.69, 9.17) is 5.73 Å². The van der Waals surface area contributed by atoms with E-state index in [1.165, 1.54) is 11.3 Å². The van der Waals surface area contributed by atoms with Crippen LogP contribution in [0.3, 0.4) is 0 Å². The monoisotopic (exact) mass is 316 g/mol. The van der Waals surface area contributed by atoms with Crippen LogP contribution in [0.25, 0.3) is 0 Å². The molecule has 1 aliphatic rings. The molecule has 0 atom stereocenters. The van der Waals surface area contributed by atoms with Crippen LogP contribution in [-0.4, -0.2) is 33.5 Å². The molecule has 1 aromatic heterocycles. The predicted molar refractivity (Wildman–Crippen MR) is 82.5 cm³/mol. The number of sulfone groups is 1. The van der Waals surface area contributed by atoms with Crippen LogP contribution in [-0.2, 0) is 9.84 Å². The molecule has 1 fully saturated rings. The van der Waals surface area contributed by atoms with Gasteiger partial charge in [-0.05, 0) is 19.8 Å². The number of carbonyl (C=O) groups excluding carboxylic acids is 1. The van der Waals surface area contributed by atoms with Crippen molar-refractivity contribution in [1.82, 2.24) is 0 Å². The van der Waals surface area contributed by atoms with E-state index in [0.717, 1.165) is 12.8 Å². The molecule has 7 heteroatoms. The number of hydrogen-bond donors (Lipinski definition) is 1. The Kier molecular flexibility index (Phi) is 4.11. The van der Waals surface area contributed by atoms with E-state index in [1.807, 2.05) is 18.9 Å². The SMILES string of the molecule is CCN(C)c1sc(C(=O)C2CC2)c(N)c1S(=O)(=O)CC. The standard InChI is InChI=1S/C13H20N2O3S2/c1-4-15(3)13-12(20(17,18)5-2)9(14)11(19-13)10(16)8-6-7-8/h8H,4-7,14H2,1-3H3. The molecule has 0 unspecified atom stereocenters. The molecular formula is C13H20N2O3S2. The maximum absolute atomic E-state index is 12.3. The van der Waals surface area contributed by atoms with Gasteiger partial charge < -0.3 is 10.6 Å². The Morgan fingerprint density at radius 3 is 2.45 bits per heavy atom.